The van der Waals surface area contributed by atoms with Crippen molar-refractivity contribution in [3.63, 3.8) is 0 Å². The maximum absolute atomic E-state index is 13.4. The number of anilines is 1. The van der Waals surface area contributed by atoms with Crippen LogP contribution in [0.4, 0.5) is 10.5 Å². The van der Waals surface area contributed by atoms with Crippen molar-refractivity contribution in [1.29, 1.82) is 0 Å². The molecule has 0 radical (unpaired) electrons. The molecule has 3 heterocycles. The number of aliphatic hydroxyl groups excluding tert-OH is 1. The normalized spacial score (nSPS) is 13.7. The molecule has 0 bridgehead atoms. The SMILES string of the molecule is CN(CCCn1c(C(=O)O)c(CCCOc2cccc3ccccc23)c2cccc(-c3c(CO)nn(C)c3COc3ccc(N4CCN(S(=O)(=O)N(C)C)CC4)cc3)c21)C(=O)OC(C)(C)C. The first-order valence-electron chi connectivity index (χ1n) is 22.2. The van der Waals surface area contributed by atoms with Crippen LogP contribution in [0.5, 0.6) is 11.5 Å². The zero-order chi connectivity index (χ0) is 47.3. The molecule has 1 amide bonds. The van der Waals surface area contributed by atoms with Crippen molar-refractivity contribution in [2.75, 3.05) is 65.4 Å². The van der Waals surface area contributed by atoms with E-state index >= 15 is 0 Å². The number of rotatable bonds is 18. The summed E-state index contributed by atoms with van der Waals surface area (Å²) in [7, 11) is 3.04. The second-order valence-electron chi connectivity index (χ2n) is 17.7. The third-order valence-electron chi connectivity index (χ3n) is 11.8. The summed E-state index contributed by atoms with van der Waals surface area (Å²) >= 11 is 0. The molecule has 0 aliphatic carbocycles. The predicted octanol–water partition coefficient (Wildman–Crippen LogP) is 7.16. The Labute approximate surface area is 386 Å². The van der Waals surface area contributed by atoms with Gasteiger partial charge in [-0.05, 0) is 81.3 Å². The molecule has 6 aromatic rings. The molecule has 66 heavy (non-hydrogen) atoms. The number of carboxylic acids is 1. The molecule has 7 rings (SSSR count). The lowest BCUT2D eigenvalue weighted by Crippen LogP contribution is -2.51. The van der Waals surface area contributed by atoms with Gasteiger partial charge in [-0.15, -0.1) is 0 Å². The van der Waals surface area contributed by atoms with Crippen molar-refractivity contribution >= 4 is 49.6 Å². The van der Waals surface area contributed by atoms with Gasteiger partial charge in [0.05, 0.1) is 30.1 Å². The number of benzene rings is 4. The van der Waals surface area contributed by atoms with Gasteiger partial charge in [-0.25, -0.2) is 9.59 Å². The number of aliphatic hydroxyl groups is 1. The van der Waals surface area contributed by atoms with Crippen LogP contribution in [0.3, 0.4) is 0 Å². The highest BCUT2D eigenvalue weighted by atomic mass is 32.2. The van der Waals surface area contributed by atoms with Gasteiger partial charge in [-0.2, -0.15) is 22.1 Å². The van der Waals surface area contributed by atoms with E-state index in [0.29, 0.717) is 97.9 Å². The van der Waals surface area contributed by atoms with E-state index in [2.05, 4.69) is 4.90 Å². The van der Waals surface area contributed by atoms with E-state index in [4.69, 9.17) is 19.3 Å². The van der Waals surface area contributed by atoms with Crippen molar-refractivity contribution in [1.82, 2.24) is 27.9 Å². The molecule has 0 spiro atoms. The van der Waals surface area contributed by atoms with Gasteiger partial charge in [0, 0.05) is 95.0 Å². The molecule has 0 atom stereocenters. The average molecular weight is 924 g/mol. The molecule has 17 heteroatoms. The maximum Gasteiger partial charge on any atom is 0.410 e. The lowest BCUT2D eigenvalue weighted by molar-refractivity contribution is 0.0294. The molecule has 16 nitrogen and oxygen atoms in total. The number of aromatic nitrogens is 3. The van der Waals surface area contributed by atoms with E-state index in [-0.39, 0.29) is 25.5 Å². The number of hydrogen-bond acceptors (Lipinski definition) is 10. The fraction of sp³-hybridized carbons (Fsp3) is 0.408. The summed E-state index contributed by atoms with van der Waals surface area (Å²) in [5, 5.41) is 29.3. The van der Waals surface area contributed by atoms with E-state index < -0.39 is 27.9 Å². The van der Waals surface area contributed by atoms with Crippen LogP contribution >= 0.6 is 0 Å². The highest BCUT2D eigenvalue weighted by Gasteiger charge is 2.30. The van der Waals surface area contributed by atoms with Gasteiger partial charge in [0.15, 0.2) is 0 Å². The zero-order valence-corrected chi connectivity index (χ0v) is 39.7. The minimum Gasteiger partial charge on any atom is -0.493 e. The molecule has 1 aliphatic heterocycles. The highest BCUT2D eigenvalue weighted by molar-refractivity contribution is 7.86. The van der Waals surface area contributed by atoms with Gasteiger partial charge < -0.3 is 38.8 Å². The topological polar surface area (TPSA) is 172 Å². The Morgan fingerprint density at radius 1 is 0.848 bits per heavy atom. The molecular weight excluding hydrogens is 863 g/mol. The second-order valence-corrected chi connectivity index (χ2v) is 19.8. The Balaban J connectivity index is 1.18. The first-order chi connectivity index (χ1) is 31.5. The van der Waals surface area contributed by atoms with Gasteiger partial charge in [0.25, 0.3) is 10.2 Å². The van der Waals surface area contributed by atoms with E-state index in [1.54, 1.807) is 18.8 Å². The lowest BCUT2D eigenvalue weighted by Gasteiger charge is -2.36. The van der Waals surface area contributed by atoms with Crippen LogP contribution in [0.1, 0.15) is 61.1 Å². The van der Waals surface area contributed by atoms with Crippen LogP contribution in [-0.2, 0) is 48.2 Å². The molecule has 2 N–H and O–H groups in total. The van der Waals surface area contributed by atoms with Crippen molar-refractivity contribution in [3.8, 4) is 22.6 Å². The fourth-order valence-electron chi connectivity index (χ4n) is 8.57. The van der Waals surface area contributed by atoms with Crippen LogP contribution in [0.2, 0.25) is 0 Å². The standard InChI is InChI=1S/C49H61N7O9S/c1-49(2,3)65-48(60)52(6)25-13-26-56-45-38(39(46(56)47(58)59)19-12-31-63-43-20-10-15-34-14-8-9-16-37(34)43)17-11-18-40(45)44-41(32-57)50-53(7)42(44)33-64-36-23-21-35(22-24-36)54-27-29-55(30-28-54)66(61,62)51(4)5/h8-11,14-18,20-24,57H,12-13,19,25-33H2,1-7H3,(H,58,59). The lowest BCUT2D eigenvalue weighted by atomic mass is 9.98. The molecule has 0 unspecified atom stereocenters. The van der Waals surface area contributed by atoms with Crippen molar-refractivity contribution in [2.24, 2.45) is 7.05 Å². The number of fused-ring (bicyclic) bond motifs is 2. The summed E-state index contributed by atoms with van der Waals surface area (Å²) in [6, 6.07) is 27.3. The predicted molar refractivity (Wildman–Crippen MR) is 255 cm³/mol. The summed E-state index contributed by atoms with van der Waals surface area (Å²) in [6.45, 7) is 7.93. The fourth-order valence-corrected chi connectivity index (χ4v) is 9.66. The Kier molecular flexibility index (Phi) is 14.6. The summed E-state index contributed by atoms with van der Waals surface area (Å²) in [6.07, 6.45) is 0.905. The number of carbonyl (C=O) groups is 2. The van der Waals surface area contributed by atoms with Crippen LogP contribution in [0.25, 0.3) is 32.8 Å². The summed E-state index contributed by atoms with van der Waals surface area (Å²) in [5.74, 6) is 0.281. The Bertz CT molecular complexity index is 2780. The minimum absolute atomic E-state index is 0.0845. The minimum atomic E-state index is -3.48. The number of piperazine rings is 1. The smallest absolute Gasteiger partial charge is 0.410 e. The molecule has 1 fully saturated rings. The van der Waals surface area contributed by atoms with Crippen LogP contribution in [-0.4, -0.2) is 125 Å². The number of amides is 1. The number of nitrogens with zero attached hydrogens (tertiary/aromatic N) is 7. The number of aryl methyl sites for hydroxylation is 3. The largest absolute Gasteiger partial charge is 0.493 e. The van der Waals surface area contributed by atoms with Crippen LogP contribution < -0.4 is 14.4 Å². The number of ether oxygens (including phenoxy) is 3. The summed E-state index contributed by atoms with van der Waals surface area (Å²) in [4.78, 5) is 30.0. The molecular formula is C49H61N7O9S. The molecule has 1 saturated heterocycles. The molecule has 0 saturated carbocycles. The van der Waals surface area contributed by atoms with E-state index in [1.807, 2.05) is 110 Å². The first-order valence-corrected chi connectivity index (χ1v) is 23.6. The van der Waals surface area contributed by atoms with Gasteiger partial charge in [-0.3, -0.25) is 4.68 Å². The number of hydrogen-bond donors (Lipinski definition) is 2. The number of carbonyl (C=O) groups excluding carboxylic acids is 1. The zero-order valence-electron chi connectivity index (χ0n) is 38.9. The van der Waals surface area contributed by atoms with E-state index in [9.17, 15) is 28.2 Å². The number of para-hydroxylation sites is 1. The van der Waals surface area contributed by atoms with Gasteiger partial charge in [-0.1, -0.05) is 54.6 Å². The highest BCUT2D eigenvalue weighted by Crippen LogP contribution is 2.39. The van der Waals surface area contributed by atoms with Gasteiger partial charge in [0.2, 0.25) is 0 Å². The van der Waals surface area contributed by atoms with Gasteiger partial charge in [0.1, 0.15) is 29.4 Å². The molecule has 2 aromatic heterocycles. The maximum atomic E-state index is 13.4. The van der Waals surface area contributed by atoms with Crippen molar-refractivity contribution in [2.45, 2.75) is 65.4 Å². The molecule has 4 aromatic carbocycles. The van der Waals surface area contributed by atoms with Crippen LogP contribution in [0, 0.1) is 0 Å². The van der Waals surface area contributed by atoms with E-state index in [0.717, 1.165) is 27.6 Å². The van der Waals surface area contributed by atoms with Crippen molar-refractivity contribution in [3.05, 3.63) is 108 Å². The summed E-state index contributed by atoms with van der Waals surface area (Å²) < 4.78 is 49.8. The summed E-state index contributed by atoms with van der Waals surface area (Å²) in [5.41, 5.74) is 4.17. The monoisotopic (exact) mass is 923 g/mol. The first kappa shape index (κ1) is 47.8. The molecule has 1 aliphatic rings. The van der Waals surface area contributed by atoms with Crippen molar-refractivity contribution < 1.29 is 42.4 Å². The average Bonchev–Trinajstić information content (AvgIpc) is 3.79. The Hall–Kier alpha value is -6.14. The Morgan fingerprint density at radius 3 is 2.21 bits per heavy atom. The number of carboxylic acid groups (broad SMARTS) is 1. The molecule has 352 valence electrons. The quantitative estimate of drug-likeness (QED) is 0.0839. The second kappa shape index (κ2) is 20.2. The van der Waals surface area contributed by atoms with Crippen LogP contribution in [0.15, 0.2) is 84.9 Å². The third kappa shape index (κ3) is 10.4. The Morgan fingerprint density at radius 2 is 1.53 bits per heavy atom. The van der Waals surface area contributed by atoms with Gasteiger partial charge >= 0.3 is 12.1 Å². The third-order valence-corrected chi connectivity index (χ3v) is 13.8. The number of aromatic carboxylic acids is 1. The van der Waals surface area contributed by atoms with E-state index in [1.165, 1.54) is 27.6 Å².